The topological polar surface area (TPSA) is 58.0 Å². The molecule has 88 valence electrons. The van der Waals surface area contributed by atoms with E-state index in [0.717, 1.165) is 32.5 Å². The van der Waals surface area contributed by atoms with Crippen molar-refractivity contribution in [2.75, 3.05) is 19.8 Å². The Hall–Kier alpha value is -0.730. The zero-order valence-electron chi connectivity index (χ0n) is 9.82. The minimum atomic E-state index is 0.618. The van der Waals surface area contributed by atoms with Crippen LogP contribution in [0, 0.1) is 0 Å². The van der Waals surface area contributed by atoms with Crippen molar-refractivity contribution in [1.29, 1.82) is 0 Å². The van der Waals surface area contributed by atoms with Crippen molar-refractivity contribution < 1.29 is 4.74 Å². The maximum Gasteiger partial charge on any atom is 0.0466 e. The molecule has 0 aliphatic heterocycles. The molecule has 0 heterocycles. The SMILES string of the molecule is CCCCCCOCCCCCN=[N+]=[N-]. The highest BCUT2D eigenvalue weighted by atomic mass is 16.5. The molecule has 4 nitrogen and oxygen atoms in total. The molecule has 0 saturated carbocycles. The van der Waals surface area contributed by atoms with Crippen LogP contribution in [0.4, 0.5) is 0 Å². The van der Waals surface area contributed by atoms with E-state index >= 15 is 0 Å². The van der Waals surface area contributed by atoms with E-state index in [1.165, 1.54) is 25.7 Å². The van der Waals surface area contributed by atoms with Crippen LogP contribution in [0.2, 0.25) is 0 Å². The predicted octanol–water partition coefficient (Wildman–Crippen LogP) is 4.06. The second-order valence-electron chi connectivity index (χ2n) is 3.69. The van der Waals surface area contributed by atoms with Crippen molar-refractivity contribution in [3.63, 3.8) is 0 Å². The maximum atomic E-state index is 8.04. The van der Waals surface area contributed by atoms with Crippen molar-refractivity contribution in [3.8, 4) is 0 Å². The number of hydrogen-bond acceptors (Lipinski definition) is 2. The maximum absolute atomic E-state index is 8.04. The summed E-state index contributed by atoms with van der Waals surface area (Å²) in [7, 11) is 0. The molecular formula is C11H23N3O. The fourth-order valence-electron chi connectivity index (χ4n) is 1.34. The molecule has 0 saturated heterocycles. The predicted molar refractivity (Wildman–Crippen MR) is 62.8 cm³/mol. The second-order valence-corrected chi connectivity index (χ2v) is 3.69. The van der Waals surface area contributed by atoms with E-state index in [-0.39, 0.29) is 0 Å². The number of ether oxygens (including phenoxy) is 1. The molecule has 0 atom stereocenters. The molecule has 0 amide bonds. The van der Waals surface area contributed by atoms with E-state index in [1.807, 2.05) is 0 Å². The van der Waals surface area contributed by atoms with Gasteiger partial charge in [-0.3, -0.25) is 0 Å². The zero-order valence-corrected chi connectivity index (χ0v) is 9.82. The monoisotopic (exact) mass is 213 g/mol. The van der Waals surface area contributed by atoms with Gasteiger partial charge in [0, 0.05) is 24.7 Å². The van der Waals surface area contributed by atoms with Gasteiger partial charge in [0.1, 0.15) is 0 Å². The Morgan fingerprint density at radius 3 is 2.27 bits per heavy atom. The van der Waals surface area contributed by atoms with Crippen LogP contribution in [0.15, 0.2) is 5.11 Å². The Bertz CT molecular complexity index is 167. The molecule has 0 bridgehead atoms. The third-order valence-corrected chi connectivity index (χ3v) is 2.25. The standard InChI is InChI=1S/C11H23N3O/c1-2-3-4-7-10-15-11-8-5-6-9-13-14-12/h2-11H2,1H3. The Labute approximate surface area is 92.6 Å². The average Bonchev–Trinajstić information content (AvgIpc) is 2.26. The summed E-state index contributed by atoms with van der Waals surface area (Å²) in [5.74, 6) is 0. The number of rotatable bonds is 11. The van der Waals surface area contributed by atoms with Crippen LogP contribution < -0.4 is 0 Å². The lowest BCUT2D eigenvalue weighted by Crippen LogP contribution is -1.97. The van der Waals surface area contributed by atoms with Crippen molar-refractivity contribution in [2.24, 2.45) is 5.11 Å². The van der Waals surface area contributed by atoms with E-state index in [1.54, 1.807) is 0 Å². The van der Waals surface area contributed by atoms with Crippen LogP contribution in [0.5, 0.6) is 0 Å². The lowest BCUT2D eigenvalue weighted by molar-refractivity contribution is 0.126. The Morgan fingerprint density at radius 1 is 1.00 bits per heavy atom. The van der Waals surface area contributed by atoms with Gasteiger partial charge in [-0.1, -0.05) is 37.7 Å². The van der Waals surface area contributed by atoms with Gasteiger partial charge in [-0.25, -0.2) is 0 Å². The Kier molecular flexibility index (Phi) is 12.6. The normalized spacial score (nSPS) is 9.93. The minimum absolute atomic E-state index is 0.618. The van der Waals surface area contributed by atoms with Crippen molar-refractivity contribution in [1.82, 2.24) is 0 Å². The van der Waals surface area contributed by atoms with Gasteiger partial charge >= 0.3 is 0 Å². The lowest BCUT2D eigenvalue weighted by Gasteiger charge is -2.03. The summed E-state index contributed by atoms with van der Waals surface area (Å²) in [6, 6.07) is 0. The van der Waals surface area contributed by atoms with E-state index < -0.39 is 0 Å². The molecule has 4 heteroatoms. The van der Waals surface area contributed by atoms with Gasteiger partial charge in [-0.2, -0.15) is 0 Å². The second kappa shape index (κ2) is 13.3. The molecule has 0 N–H and O–H groups in total. The number of hydrogen-bond donors (Lipinski definition) is 0. The fraction of sp³-hybridized carbons (Fsp3) is 1.00. The molecule has 0 radical (unpaired) electrons. The van der Waals surface area contributed by atoms with Crippen LogP contribution in [0.25, 0.3) is 10.4 Å². The minimum Gasteiger partial charge on any atom is -0.381 e. The third-order valence-electron chi connectivity index (χ3n) is 2.25. The highest BCUT2D eigenvalue weighted by molar-refractivity contribution is 4.48. The van der Waals surface area contributed by atoms with Gasteiger partial charge in [0.15, 0.2) is 0 Å². The van der Waals surface area contributed by atoms with E-state index in [4.69, 9.17) is 10.3 Å². The number of unbranched alkanes of at least 4 members (excludes halogenated alkanes) is 5. The van der Waals surface area contributed by atoms with Crippen LogP contribution >= 0.6 is 0 Å². The summed E-state index contributed by atoms with van der Waals surface area (Å²) in [6.07, 6.45) is 8.21. The molecule has 0 fully saturated rings. The molecule has 0 rings (SSSR count). The number of nitrogens with zero attached hydrogens (tertiary/aromatic N) is 3. The zero-order chi connectivity index (χ0) is 11.2. The highest BCUT2D eigenvalue weighted by Gasteiger charge is 1.91. The van der Waals surface area contributed by atoms with Crippen LogP contribution in [-0.2, 0) is 4.74 Å². The molecule has 0 aromatic rings. The van der Waals surface area contributed by atoms with Gasteiger partial charge in [0.25, 0.3) is 0 Å². The summed E-state index contributed by atoms with van der Waals surface area (Å²) in [6.45, 7) is 4.58. The van der Waals surface area contributed by atoms with Gasteiger partial charge in [0.2, 0.25) is 0 Å². The first-order chi connectivity index (χ1) is 7.41. The molecule has 0 aromatic carbocycles. The Morgan fingerprint density at radius 2 is 1.67 bits per heavy atom. The van der Waals surface area contributed by atoms with Gasteiger partial charge in [-0.15, -0.1) is 0 Å². The Balaban J connectivity index is 2.89. The quantitative estimate of drug-likeness (QED) is 0.221. The van der Waals surface area contributed by atoms with Crippen molar-refractivity contribution >= 4 is 0 Å². The molecule has 0 aliphatic rings. The van der Waals surface area contributed by atoms with E-state index in [2.05, 4.69) is 16.9 Å². The first-order valence-electron chi connectivity index (χ1n) is 6.00. The van der Waals surface area contributed by atoms with Crippen molar-refractivity contribution in [2.45, 2.75) is 51.9 Å². The summed E-state index contributed by atoms with van der Waals surface area (Å²) < 4.78 is 5.48. The molecule has 0 aliphatic carbocycles. The van der Waals surface area contributed by atoms with Crippen LogP contribution in [-0.4, -0.2) is 19.8 Å². The first kappa shape index (κ1) is 14.3. The van der Waals surface area contributed by atoms with Crippen LogP contribution in [0.1, 0.15) is 51.9 Å². The third kappa shape index (κ3) is 13.3. The molecule has 15 heavy (non-hydrogen) atoms. The lowest BCUT2D eigenvalue weighted by atomic mass is 10.2. The van der Waals surface area contributed by atoms with Gasteiger partial charge in [-0.05, 0) is 24.8 Å². The summed E-state index contributed by atoms with van der Waals surface area (Å²) >= 11 is 0. The van der Waals surface area contributed by atoms with E-state index in [9.17, 15) is 0 Å². The highest BCUT2D eigenvalue weighted by Crippen LogP contribution is 2.00. The molecule has 0 aromatic heterocycles. The summed E-state index contributed by atoms with van der Waals surface area (Å²) in [4.78, 5) is 2.71. The summed E-state index contributed by atoms with van der Waals surface area (Å²) in [5, 5.41) is 3.48. The number of azide groups is 1. The largest absolute Gasteiger partial charge is 0.381 e. The molecule has 0 spiro atoms. The van der Waals surface area contributed by atoms with Gasteiger partial charge in [0.05, 0.1) is 0 Å². The van der Waals surface area contributed by atoms with Gasteiger partial charge < -0.3 is 4.74 Å². The summed E-state index contributed by atoms with van der Waals surface area (Å²) in [5.41, 5.74) is 8.04. The van der Waals surface area contributed by atoms with Crippen LogP contribution in [0.3, 0.4) is 0 Å². The average molecular weight is 213 g/mol. The first-order valence-corrected chi connectivity index (χ1v) is 6.00. The molecular weight excluding hydrogens is 190 g/mol. The molecule has 0 unspecified atom stereocenters. The van der Waals surface area contributed by atoms with E-state index in [0.29, 0.717) is 6.54 Å². The van der Waals surface area contributed by atoms with Crippen molar-refractivity contribution in [3.05, 3.63) is 10.4 Å². The fourth-order valence-corrected chi connectivity index (χ4v) is 1.34. The smallest absolute Gasteiger partial charge is 0.0466 e.